The summed E-state index contributed by atoms with van der Waals surface area (Å²) in [7, 11) is 2.31. The molecule has 1 aliphatic heterocycles. The number of hydrogen-bond donors (Lipinski definition) is 0. The summed E-state index contributed by atoms with van der Waals surface area (Å²) >= 11 is 0. The van der Waals surface area contributed by atoms with E-state index in [1.54, 1.807) is 11.1 Å². The van der Waals surface area contributed by atoms with Gasteiger partial charge in [0.15, 0.2) is 0 Å². The van der Waals surface area contributed by atoms with Gasteiger partial charge < -0.3 is 0 Å². The number of rotatable bonds is 10. The van der Waals surface area contributed by atoms with Gasteiger partial charge in [0.25, 0.3) is 0 Å². The Morgan fingerprint density at radius 3 is 2.48 bits per heavy atom. The fourth-order valence-electron chi connectivity index (χ4n) is 5.09. The first-order valence-corrected chi connectivity index (χ1v) is 11.0. The average Bonchev–Trinajstić information content (AvgIpc) is 3.02. The van der Waals surface area contributed by atoms with Crippen molar-refractivity contribution in [1.82, 2.24) is 9.88 Å². The monoisotopic (exact) mass is 342 g/mol. The number of hydrogen-bond acceptors (Lipinski definition) is 2. The topological polar surface area (TPSA) is 16.1 Å². The van der Waals surface area contributed by atoms with E-state index >= 15 is 0 Å². The molecule has 0 unspecified atom stereocenters. The second kappa shape index (κ2) is 9.71. The zero-order valence-electron chi connectivity index (χ0n) is 16.6. The summed E-state index contributed by atoms with van der Waals surface area (Å²) in [6.45, 7) is 3.56. The third kappa shape index (κ3) is 4.84. The van der Waals surface area contributed by atoms with Crippen molar-refractivity contribution in [1.29, 1.82) is 0 Å². The lowest BCUT2D eigenvalue weighted by molar-refractivity contribution is 0.256. The minimum absolute atomic E-state index is 0.675. The number of aryl methyl sites for hydroxylation is 1. The molecule has 0 amide bonds. The molecule has 0 aromatic carbocycles. The van der Waals surface area contributed by atoms with Crippen LogP contribution >= 0.6 is 0 Å². The highest BCUT2D eigenvalue weighted by Crippen LogP contribution is 2.44. The van der Waals surface area contributed by atoms with E-state index in [1.165, 1.54) is 95.7 Å². The van der Waals surface area contributed by atoms with Gasteiger partial charge >= 0.3 is 0 Å². The van der Waals surface area contributed by atoms with Gasteiger partial charge in [0.05, 0.1) is 0 Å². The summed E-state index contributed by atoms with van der Waals surface area (Å²) < 4.78 is 0. The molecule has 3 rings (SSSR count). The Hall–Kier alpha value is -0.890. The van der Waals surface area contributed by atoms with Crippen molar-refractivity contribution in [2.75, 3.05) is 13.6 Å². The van der Waals surface area contributed by atoms with Crippen molar-refractivity contribution in [3.8, 4) is 0 Å². The summed E-state index contributed by atoms with van der Waals surface area (Å²) in [6, 6.07) is 2.99. The molecule has 1 fully saturated rings. The normalized spacial score (nSPS) is 22.8. The molecule has 0 bridgehead atoms. The fourth-order valence-corrected chi connectivity index (χ4v) is 5.09. The van der Waals surface area contributed by atoms with Crippen LogP contribution in [0, 0.1) is 5.92 Å². The lowest BCUT2D eigenvalue weighted by Crippen LogP contribution is -2.26. The van der Waals surface area contributed by atoms with Crippen molar-refractivity contribution < 1.29 is 0 Å². The van der Waals surface area contributed by atoms with E-state index in [-0.39, 0.29) is 0 Å². The molecule has 0 saturated carbocycles. The van der Waals surface area contributed by atoms with Crippen LogP contribution in [0.15, 0.2) is 12.3 Å². The zero-order valence-corrected chi connectivity index (χ0v) is 16.6. The van der Waals surface area contributed by atoms with Crippen LogP contribution in [0.4, 0.5) is 0 Å². The number of likely N-dealkylation sites (tertiary alicyclic amines) is 1. The van der Waals surface area contributed by atoms with E-state index in [1.807, 2.05) is 0 Å². The first-order chi connectivity index (χ1) is 12.3. The Balaban J connectivity index is 1.43. The number of nitrogens with zero attached hydrogens (tertiary/aromatic N) is 2. The van der Waals surface area contributed by atoms with Gasteiger partial charge in [-0.2, -0.15) is 0 Å². The van der Waals surface area contributed by atoms with Gasteiger partial charge in [0.1, 0.15) is 0 Å². The minimum Gasteiger partial charge on any atom is -0.299 e. The molecular formula is C23H38N2. The van der Waals surface area contributed by atoms with Crippen LogP contribution in [0.1, 0.15) is 100 Å². The highest BCUT2D eigenvalue weighted by Gasteiger charge is 2.37. The molecule has 140 valence electrons. The number of pyridine rings is 1. The van der Waals surface area contributed by atoms with Crippen LogP contribution in [0.2, 0.25) is 0 Å². The molecule has 25 heavy (non-hydrogen) atoms. The number of unbranched alkanes of at least 4 members (excludes halogenated alkanes) is 8. The SMILES string of the molecule is CCCCCCCCCCCc1nccc2c1CC[C@H]1CCN(C)[C@@H]21. The smallest absolute Gasteiger partial charge is 0.0438 e. The summed E-state index contributed by atoms with van der Waals surface area (Å²) in [4.78, 5) is 7.35. The molecular weight excluding hydrogens is 304 g/mol. The van der Waals surface area contributed by atoms with Crippen molar-refractivity contribution >= 4 is 0 Å². The van der Waals surface area contributed by atoms with Crippen molar-refractivity contribution in [3.05, 3.63) is 29.1 Å². The van der Waals surface area contributed by atoms with Gasteiger partial charge in [0.2, 0.25) is 0 Å². The molecule has 2 nitrogen and oxygen atoms in total. The minimum atomic E-state index is 0.675. The number of aromatic nitrogens is 1. The van der Waals surface area contributed by atoms with Crippen LogP contribution in [-0.4, -0.2) is 23.5 Å². The van der Waals surface area contributed by atoms with E-state index in [9.17, 15) is 0 Å². The molecule has 1 aliphatic carbocycles. The molecule has 0 N–H and O–H groups in total. The van der Waals surface area contributed by atoms with Crippen LogP contribution < -0.4 is 0 Å². The van der Waals surface area contributed by atoms with E-state index in [4.69, 9.17) is 4.98 Å². The fraction of sp³-hybridized carbons (Fsp3) is 0.783. The largest absolute Gasteiger partial charge is 0.299 e. The number of fused-ring (bicyclic) bond motifs is 3. The van der Waals surface area contributed by atoms with Gasteiger partial charge in [-0.3, -0.25) is 9.88 Å². The Bertz CT molecular complexity index is 525. The third-order valence-corrected chi connectivity index (χ3v) is 6.56. The Kier molecular flexibility index (Phi) is 7.34. The molecule has 1 aromatic rings. The van der Waals surface area contributed by atoms with Gasteiger partial charge in [0, 0.05) is 17.9 Å². The molecule has 1 saturated heterocycles. The summed E-state index contributed by atoms with van der Waals surface area (Å²) in [5.41, 5.74) is 4.63. The molecule has 0 radical (unpaired) electrons. The predicted octanol–water partition coefficient (Wildman–Crippen LogP) is 6.09. The summed E-state index contributed by atoms with van der Waals surface area (Å²) in [5.74, 6) is 0.889. The lowest BCUT2D eigenvalue weighted by atomic mass is 9.79. The van der Waals surface area contributed by atoms with Gasteiger partial charge in [-0.05, 0) is 68.8 Å². The summed E-state index contributed by atoms with van der Waals surface area (Å²) in [6.07, 6.45) is 19.9. The maximum Gasteiger partial charge on any atom is 0.0438 e. The van der Waals surface area contributed by atoms with Crippen molar-refractivity contribution in [2.24, 2.45) is 5.92 Å². The molecule has 2 aliphatic rings. The lowest BCUT2D eigenvalue weighted by Gasteiger charge is -2.32. The Labute approximate surface area is 155 Å². The highest BCUT2D eigenvalue weighted by atomic mass is 15.2. The van der Waals surface area contributed by atoms with Crippen LogP contribution in [0.5, 0.6) is 0 Å². The molecule has 2 heterocycles. The van der Waals surface area contributed by atoms with Crippen LogP contribution in [0.25, 0.3) is 0 Å². The van der Waals surface area contributed by atoms with E-state index in [0.717, 1.165) is 5.92 Å². The van der Waals surface area contributed by atoms with Crippen molar-refractivity contribution in [2.45, 2.75) is 96.4 Å². The zero-order chi connectivity index (χ0) is 17.5. The van der Waals surface area contributed by atoms with Gasteiger partial charge in [-0.15, -0.1) is 0 Å². The van der Waals surface area contributed by atoms with Crippen molar-refractivity contribution in [3.63, 3.8) is 0 Å². The van der Waals surface area contributed by atoms with E-state index in [2.05, 4.69) is 31.1 Å². The first-order valence-electron chi connectivity index (χ1n) is 11.0. The molecule has 1 aromatic heterocycles. The maximum atomic E-state index is 4.78. The summed E-state index contributed by atoms with van der Waals surface area (Å²) in [5, 5.41) is 0. The Morgan fingerprint density at radius 2 is 1.72 bits per heavy atom. The van der Waals surface area contributed by atoms with E-state index in [0.29, 0.717) is 6.04 Å². The standard InChI is InChI=1S/C23H38N2/c1-3-4-5-6-7-8-9-10-11-12-22-20-14-13-19-16-18-25(2)23(19)21(20)15-17-24-22/h15,17,19,23H,3-14,16,18H2,1-2H3/t19-,23+/m0/s1. The Morgan fingerprint density at radius 1 is 1.00 bits per heavy atom. The predicted molar refractivity (Wildman–Crippen MR) is 107 cm³/mol. The van der Waals surface area contributed by atoms with Gasteiger partial charge in [-0.1, -0.05) is 58.3 Å². The second-order valence-electron chi connectivity index (χ2n) is 8.42. The average molecular weight is 343 g/mol. The van der Waals surface area contributed by atoms with Crippen LogP contribution in [0.3, 0.4) is 0 Å². The van der Waals surface area contributed by atoms with Crippen LogP contribution in [-0.2, 0) is 12.8 Å². The molecule has 2 atom stereocenters. The third-order valence-electron chi connectivity index (χ3n) is 6.56. The van der Waals surface area contributed by atoms with E-state index < -0.39 is 0 Å². The highest BCUT2D eigenvalue weighted by molar-refractivity contribution is 5.36. The molecule has 2 heteroatoms. The molecule has 0 spiro atoms. The quantitative estimate of drug-likeness (QED) is 0.478. The maximum absolute atomic E-state index is 4.78. The second-order valence-corrected chi connectivity index (χ2v) is 8.42. The first kappa shape index (κ1) is 18.9. The van der Waals surface area contributed by atoms with Gasteiger partial charge in [-0.25, -0.2) is 0 Å².